The van der Waals surface area contributed by atoms with Gasteiger partial charge in [0.05, 0.1) is 9.80 Å². The Hall–Kier alpha value is -1.52. The number of hydrogen-bond acceptors (Lipinski definition) is 7. The molecule has 0 radical (unpaired) electrons. The molecule has 2 aromatic heterocycles. The van der Waals surface area contributed by atoms with Crippen molar-refractivity contribution in [2.75, 3.05) is 0 Å². The van der Waals surface area contributed by atoms with Crippen molar-refractivity contribution in [1.82, 2.24) is 14.8 Å². The van der Waals surface area contributed by atoms with Crippen LogP contribution in [0, 0.1) is 10.1 Å². The first-order chi connectivity index (χ1) is 9.34. The Morgan fingerprint density at radius 2 is 2.15 bits per heavy atom. The molecule has 8 nitrogen and oxygen atoms in total. The van der Waals surface area contributed by atoms with E-state index in [9.17, 15) is 18.5 Å². The Bertz CT molecular complexity index is 752. The van der Waals surface area contributed by atoms with Gasteiger partial charge in [-0.3, -0.25) is 14.7 Å². The molecule has 0 aliphatic rings. The van der Waals surface area contributed by atoms with Gasteiger partial charge < -0.3 is 0 Å². The maximum absolute atomic E-state index is 11.4. The van der Waals surface area contributed by atoms with E-state index in [-0.39, 0.29) is 16.0 Å². The third-order valence-corrected chi connectivity index (χ3v) is 4.56. The minimum atomic E-state index is -4.02. The van der Waals surface area contributed by atoms with Gasteiger partial charge in [-0.2, -0.15) is 0 Å². The lowest BCUT2D eigenvalue weighted by molar-refractivity contribution is -0.380. The minimum Gasteiger partial charge on any atom is -0.296 e. The van der Waals surface area contributed by atoms with Crippen molar-refractivity contribution in [3.05, 3.63) is 22.2 Å². The van der Waals surface area contributed by atoms with Gasteiger partial charge >= 0.3 is 5.00 Å². The van der Waals surface area contributed by atoms with Crippen molar-refractivity contribution < 1.29 is 13.3 Å². The maximum atomic E-state index is 11.4. The van der Waals surface area contributed by atoms with E-state index in [1.54, 1.807) is 0 Å². The fourth-order valence-electron chi connectivity index (χ4n) is 1.62. The molecule has 2 rings (SSSR count). The zero-order valence-corrected chi connectivity index (χ0v) is 12.6. The van der Waals surface area contributed by atoms with E-state index >= 15 is 0 Å². The molecule has 0 saturated carbocycles. The topological polar surface area (TPSA) is 108 Å². The summed E-state index contributed by atoms with van der Waals surface area (Å²) in [6.07, 6.45) is 0.637. The summed E-state index contributed by atoms with van der Waals surface area (Å²) >= 11 is 0.898. The van der Waals surface area contributed by atoms with Crippen LogP contribution in [0.3, 0.4) is 0 Å². The molecule has 0 spiro atoms. The molecule has 0 fully saturated rings. The number of thiophene rings is 1. The molecule has 0 aromatic carbocycles. The maximum Gasteiger partial charge on any atom is 0.324 e. The largest absolute Gasteiger partial charge is 0.324 e. The van der Waals surface area contributed by atoms with E-state index in [4.69, 9.17) is 10.7 Å². The normalized spacial score (nSPS) is 11.7. The van der Waals surface area contributed by atoms with E-state index in [2.05, 4.69) is 10.2 Å². The summed E-state index contributed by atoms with van der Waals surface area (Å²) in [6.45, 7) is 2.20. The van der Waals surface area contributed by atoms with Crippen LogP contribution in [-0.2, 0) is 15.6 Å². The van der Waals surface area contributed by atoms with Gasteiger partial charge in [0.2, 0.25) is 0 Å². The van der Waals surface area contributed by atoms with Gasteiger partial charge in [-0.15, -0.1) is 10.2 Å². The summed E-state index contributed by atoms with van der Waals surface area (Å²) in [5.41, 5.74) is 0. The first-order valence-electron chi connectivity index (χ1n) is 5.47. The molecular weight excluding hydrogens is 328 g/mol. The van der Waals surface area contributed by atoms with Crippen LogP contribution >= 0.6 is 22.0 Å². The van der Waals surface area contributed by atoms with Crippen molar-refractivity contribution in [1.29, 1.82) is 0 Å². The highest BCUT2D eigenvalue weighted by molar-refractivity contribution is 8.13. The Labute approximate surface area is 122 Å². The summed E-state index contributed by atoms with van der Waals surface area (Å²) in [6, 6.07) is 2.84. The van der Waals surface area contributed by atoms with Crippen LogP contribution < -0.4 is 0 Å². The predicted octanol–water partition coefficient (Wildman–Crippen LogP) is 2.25. The van der Waals surface area contributed by atoms with Gasteiger partial charge in [0, 0.05) is 23.3 Å². The van der Waals surface area contributed by atoms with Gasteiger partial charge in [0.1, 0.15) is 0 Å². The number of aromatic nitrogens is 3. The van der Waals surface area contributed by atoms with Crippen molar-refractivity contribution in [2.45, 2.75) is 25.0 Å². The molecule has 20 heavy (non-hydrogen) atoms. The van der Waals surface area contributed by atoms with Crippen LogP contribution in [0.4, 0.5) is 5.00 Å². The smallest absolute Gasteiger partial charge is 0.296 e. The van der Waals surface area contributed by atoms with E-state index < -0.39 is 14.0 Å². The van der Waals surface area contributed by atoms with Gasteiger partial charge in [0.25, 0.3) is 14.2 Å². The monoisotopic (exact) mass is 336 g/mol. The highest BCUT2D eigenvalue weighted by atomic mass is 35.7. The lowest BCUT2D eigenvalue weighted by atomic mass is 10.4. The number of nitrogens with zero attached hydrogens (tertiary/aromatic N) is 4. The summed E-state index contributed by atoms with van der Waals surface area (Å²) in [5.74, 6) is 0.254. The third kappa shape index (κ3) is 2.81. The minimum absolute atomic E-state index is 0.0543. The molecule has 11 heteroatoms. The molecule has 0 aliphatic heterocycles. The molecule has 0 aliphatic carbocycles. The molecule has 0 unspecified atom stereocenters. The Morgan fingerprint density at radius 1 is 1.45 bits per heavy atom. The number of rotatable bonds is 5. The van der Waals surface area contributed by atoms with Gasteiger partial charge in [-0.05, 0) is 12.5 Å². The van der Waals surface area contributed by atoms with Crippen LogP contribution in [-0.4, -0.2) is 28.1 Å². The lowest BCUT2D eigenvalue weighted by Crippen LogP contribution is -2.07. The van der Waals surface area contributed by atoms with E-state index in [0.717, 1.165) is 11.3 Å². The first kappa shape index (κ1) is 14.9. The molecule has 108 valence electrons. The van der Waals surface area contributed by atoms with Crippen molar-refractivity contribution >= 4 is 36.1 Å². The average Bonchev–Trinajstić information content (AvgIpc) is 2.93. The number of hydrogen-bond donors (Lipinski definition) is 0. The SMILES string of the molecule is CCCn1c(-c2ccc([N+](=O)[O-])s2)nnc1S(=O)(=O)Cl. The third-order valence-electron chi connectivity index (χ3n) is 2.37. The molecule has 0 saturated heterocycles. The fourth-order valence-corrected chi connectivity index (χ4v) is 3.36. The second-order valence-electron chi connectivity index (χ2n) is 3.79. The van der Waals surface area contributed by atoms with Gasteiger partial charge in [-0.1, -0.05) is 18.3 Å². The highest BCUT2D eigenvalue weighted by Crippen LogP contribution is 2.32. The van der Waals surface area contributed by atoms with Crippen molar-refractivity contribution in [3.8, 4) is 10.7 Å². The fraction of sp³-hybridized carbons (Fsp3) is 0.333. The highest BCUT2D eigenvalue weighted by Gasteiger charge is 2.24. The molecule has 0 atom stereocenters. The van der Waals surface area contributed by atoms with Crippen LogP contribution in [0.25, 0.3) is 10.7 Å². The van der Waals surface area contributed by atoms with Crippen LogP contribution in [0.2, 0.25) is 0 Å². The summed E-state index contributed by atoms with van der Waals surface area (Å²) in [4.78, 5) is 10.6. The number of nitro groups is 1. The van der Waals surface area contributed by atoms with Crippen LogP contribution in [0.5, 0.6) is 0 Å². The van der Waals surface area contributed by atoms with Gasteiger partial charge in [-0.25, -0.2) is 8.42 Å². The van der Waals surface area contributed by atoms with E-state index in [1.807, 2.05) is 6.92 Å². The molecule has 0 amide bonds. The van der Waals surface area contributed by atoms with E-state index in [0.29, 0.717) is 17.8 Å². The molecule has 2 heterocycles. The molecular formula is C9H9ClN4O4S2. The second-order valence-corrected chi connectivity index (χ2v) is 7.31. The zero-order valence-electron chi connectivity index (χ0n) is 10.2. The summed E-state index contributed by atoms with van der Waals surface area (Å²) < 4.78 is 24.2. The van der Waals surface area contributed by atoms with Crippen LogP contribution in [0.15, 0.2) is 17.3 Å². The van der Waals surface area contributed by atoms with Crippen LogP contribution in [0.1, 0.15) is 13.3 Å². The standard InChI is InChI=1S/C9H9ClN4O4S2/c1-2-5-13-8(11-12-9(13)20(10,17)18)6-3-4-7(19-6)14(15)16/h3-4H,2,5H2,1H3. The quantitative estimate of drug-likeness (QED) is 0.470. The van der Waals surface area contributed by atoms with E-state index in [1.165, 1.54) is 16.7 Å². The summed E-state index contributed by atoms with van der Waals surface area (Å²) in [7, 11) is 1.28. The van der Waals surface area contributed by atoms with Crippen molar-refractivity contribution in [3.63, 3.8) is 0 Å². The second kappa shape index (κ2) is 5.46. The average molecular weight is 337 g/mol. The summed E-state index contributed by atoms with van der Waals surface area (Å²) in [5, 5.41) is 17.6. The number of halogens is 1. The Balaban J connectivity index is 2.56. The predicted molar refractivity (Wildman–Crippen MR) is 73.3 cm³/mol. The van der Waals surface area contributed by atoms with Gasteiger partial charge in [0.15, 0.2) is 5.82 Å². The zero-order chi connectivity index (χ0) is 14.9. The molecule has 0 bridgehead atoms. The molecule has 2 aromatic rings. The Kier molecular flexibility index (Phi) is 4.06. The molecule has 0 N–H and O–H groups in total. The Morgan fingerprint density at radius 3 is 2.65 bits per heavy atom. The lowest BCUT2D eigenvalue weighted by Gasteiger charge is -2.05. The van der Waals surface area contributed by atoms with Crippen molar-refractivity contribution in [2.24, 2.45) is 0 Å². The first-order valence-corrected chi connectivity index (χ1v) is 8.59.